The summed E-state index contributed by atoms with van der Waals surface area (Å²) in [6.45, 7) is 5.42. The van der Waals surface area contributed by atoms with E-state index < -0.39 is 28.8 Å². The Balaban J connectivity index is 1.92. The molecule has 0 radical (unpaired) electrons. The van der Waals surface area contributed by atoms with Gasteiger partial charge in [-0.25, -0.2) is 9.59 Å². The number of hydrogen-bond donors (Lipinski definition) is 2. The van der Waals surface area contributed by atoms with Crippen molar-refractivity contribution >= 4 is 18.0 Å². The van der Waals surface area contributed by atoms with Gasteiger partial charge in [0.05, 0.1) is 5.54 Å². The Morgan fingerprint density at radius 2 is 1.76 bits per heavy atom. The van der Waals surface area contributed by atoms with Crippen molar-refractivity contribution in [3.05, 3.63) is 35.9 Å². The van der Waals surface area contributed by atoms with Crippen LogP contribution in [0.25, 0.3) is 0 Å². The minimum Gasteiger partial charge on any atom is -0.444 e. The van der Waals surface area contributed by atoms with Crippen LogP contribution in [0.15, 0.2) is 30.3 Å². The fraction of sp³-hybridized carbons (Fsp3) is 0.500. The van der Waals surface area contributed by atoms with Crippen molar-refractivity contribution in [1.82, 2.24) is 15.5 Å². The van der Waals surface area contributed by atoms with Gasteiger partial charge in [0.2, 0.25) is 0 Å². The highest BCUT2D eigenvalue weighted by Gasteiger charge is 2.65. The van der Waals surface area contributed by atoms with Crippen LogP contribution in [0.1, 0.15) is 39.2 Å². The standard InChI is InChI=1S/C18H23N3O4/c1-16(2,3)25-15(24)21(4)18(12-8-6-5-7-9-12)10-17(11-18)13(22)19-14(23)20-17/h5-9H,10-11H2,1-4H3,(H2,19,20,22,23)/t17-,18-. The maximum Gasteiger partial charge on any atom is 0.410 e. The van der Waals surface area contributed by atoms with E-state index in [4.69, 9.17) is 4.74 Å². The van der Waals surface area contributed by atoms with E-state index in [0.717, 1.165) is 5.56 Å². The van der Waals surface area contributed by atoms with Crippen molar-refractivity contribution in [2.24, 2.45) is 0 Å². The van der Waals surface area contributed by atoms with Crippen LogP contribution >= 0.6 is 0 Å². The topological polar surface area (TPSA) is 87.7 Å². The van der Waals surface area contributed by atoms with Crippen LogP contribution < -0.4 is 10.6 Å². The van der Waals surface area contributed by atoms with Crippen molar-refractivity contribution in [2.45, 2.75) is 50.3 Å². The number of nitrogens with one attached hydrogen (secondary N) is 2. The summed E-state index contributed by atoms with van der Waals surface area (Å²) in [5.74, 6) is -0.346. The molecule has 0 unspecified atom stereocenters. The fourth-order valence-electron chi connectivity index (χ4n) is 3.61. The minimum atomic E-state index is -0.969. The van der Waals surface area contributed by atoms with Crippen LogP contribution in [0.3, 0.4) is 0 Å². The third kappa shape index (κ3) is 2.83. The third-order valence-corrected chi connectivity index (χ3v) is 4.82. The molecule has 1 saturated carbocycles. The van der Waals surface area contributed by atoms with Crippen LogP contribution in [-0.2, 0) is 15.1 Å². The lowest BCUT2D eigenvalue weighted by molar-refractivity contribution is -0.135. The summed E-state index contributed by atoms with van der Waals surface area (Å²) in [5.41, 5.74) is -1.39. The van der Waals surface area contributed by atoms with Gasteiger partial charge in [0.15, 0.2) is 0 Å². The minimum absolute atomic E-state index is 0.303. The van der Waals surface area contributed by atoms with Crippen molar-refractivity contribution in [3.8, 4) is 0 Å². The Morgan fingerprint density at radius 3 is 2.24 bits per heavy atom. The Labute approximate surface area is 146 Å². The summed E-state index contributed by atoms with van der Waals surface area (Å²) in [6, 6.07) is 9.01. The smallest absolute Gasteiger partial charge is 0.410 e. The molecule has 0 aromatic heterocycles. The second-order valence-electron chi connectivity index (χ2n) is 7.78. The predicted octanol–water partition coefficient (Wildman–Crippen LogP) is 2.12. The van der Waals surface area contributed by atoms with Gasteiger partial charge in [-0.1, -0.05) is 30.3 Å². The van der Waals surface area contributed by atoms with Gasteiger partial charge in [-0.2, -0.15) is 0 Å². The third-order valence-electron chi connectivity index (χ3n) is 4.82. The van der Waals surface area contributed by atoms with E-state index in [9.17, 15) is 14.4 Å². The quantitative estimate of drug-likeness (QED) is 0.804. The summed E-state index contributed by atoms with van der Waals surface area (Å²) < 4.78 is 5.50. The van der Waals surface area contributed by atoms with Crippen LogP contribution in [0.5, 0.6) is 0 Å². The number of ether oxygens (including phenoxy) is 1. The van der Waals surface area contributed by atoms with Gasteiger partial charge >= 0.3 is 12.1 Å². The molecule has 7 heteroatoms. The molecule has 0 bridgehead atoms. The Hall–Kier alpha value is -2.57. The molecule has 1 saturated heterocycles. The van der Waals surface area contributed by atoms with Gasteiger partial charge in [0.1, 0.15) is 11.1 Å². The molecule has 1 spiro atoms. The first-order valence-corrected chi connectivity index (χ1v) is 8.24. The van der Waals surface area contributed by atoms with Crippen LogP contribution in [0, 0.1) is 0 Å². The highest BCUT2D eigenvalue weighted by molar-refractivity contribution is 6.08. The molecule has 25 heavy (non-hydrogen) atoms. The molecule has 4 amide bonds. The average Bonchev–Trinajstić information content (AvgIpc) is 2.78. The largest absolute Gasteiger partial charge is 0.444 e. The summed E-state index contributed by atoms with van der Waals surface area (Å²) in [7, 11) is 1.67. The van der Waals surface area contributed by atoms with Gasteiger partial charge in [0, 0.05) is 19.9 Å². The van der Waals surface area contributed by atoms with E-state index in [-0.39, 0.29) is 5.91 Å². The molecule has 2 N–H and O–H groups in total. The van der Waals surface area contributed by atoms with E-state index in [2.05, 4.69) is 10.6 Å². The molecular weight excluding hydrogens is 322 g/mol. The highest BCUT2D eigenvalue weighted by atomic mass is 16.6. The summed E-state index contributed by atoms with van der Waals surface area (Å²) >= 11 is 0. The molecule has 3 rings (SSSR count). The molecule has 1 heterocycles. The van der Waals surface area contributed by atoms with Gasteiger partial charge < -0.3 is 15.0 Å². The average molecular weight is 345 g/mol. The number of rotatable bonds is 2. The van der Waals surface area contributed by atoms with Gasteiger partial charge in [-0.15, -0.1) is 0 Å². The van der Waals surface area contributed by atoms with E-state index in [1.807, 2.05) is 30.3 Å². The molecule has 1 aromatic carbocycles. The Bertz CT molecular complexity index is 718. The second kappa shape index (κ2) is 5.47. The molecule has 134 valence electrons. The lowest BCUT2D eigenvalue weighted by Gasteiger charge is -2.56. The number of benzene rings is 1. The zero-order valence-corrected chi connectivity index (χ0v) is 14.9. The monoisotopic (exact) mass is 345 g/mol. The van der Waals surface area contributed by atoms with Crippen molar-refractivity contribution in [1.29, 1.82) is 0 Å². The van der Waals surface area contributed by atoms with E-state index in [1.165, 1.54) is 4.90 Å². The number of amides is 4. The van der Waals surface area contributed by atoms with E-state index >= 15 is 0 Å². The van der Waals surface area contributed by atoms with E-state index in [0.29, 0.717) is 12.8 Å². The molecule has 1 aliphatic carbocycles. The van der Waals surface area contributed by atoms with Crippen molar-refractivity contribution in [2.75, 3.05) is 7.05 Å². The number of imide groups is 1. The number of hydrogen-bond acceptors (Lipinski definition) is 4. The maximum absolute atomic E-state index is 12.6. The lowest BCUT2D eigenvalue weighted by atomic mass is 9.59. The lowest BCUT2D eigenvalue weighted by Crippen LogP contribution is -2.69. The SMILES string of the molecule is CN(C(=O)OC(C)(C)C)[C@]1(c2ccccc2)C[C@]2(C1)NC(=O)NC2=O. The first kappa shape index (κ1) is 17.3. The second-order valence-corrected chi connectivity index (χ2v) is 7.78. The first-order chi connectivity index (χ1) is 11.6. The van der Waals surface area contributed by atoms with Crippen molar-refractivity contribution < 1.29 is 19.1 Å². The summed E-state index contributed by atoms with van der Waals surface area (Å²) in [4.78, 5) is 37.9. The van der Waals surface area contributed by atoms with Gasteiger partial charge in [0.25, 0.3) is 5.91 Å². The van der Waals surface area contributed by atoms with Crippen LogP contribution in [-0.4, -0.2) is 41.1 Å². The molecule has 1 aliphatic heterocycles. The summed E-state index contributed by atoms with van der Waals surface area (Å²) in [6.07, 6.45) is 0.144. The molecule has 0 atom stereocenters. The highest BCUT2D eigenvalue weighted by Crippen LogP contribution is 2.53. The zero-order valence-electron chi connectivity index (χ0n) is 14.9. The molecular formula is C18H23N3O4. The first-order valence-electron chi connectivity index (χ1n) is 8.24. The number of nitrogens with zero attached hydrogens (tertiary/aromatic N) is 1. The normalized spacial score (nSPS) is 28.2. The predicted molar refractivity (Wildman–Crippen MR) is 90.8 cm³/mol. The van der Waals surface area contributed by atoms with Crippen LogP contribution in [0.4, 0.5) is 9.59 Å². The Kier molecular flexibility index (Phi) is 3.78. The van der Waals surface area contributed by atoms with Crippen LogP contribution in [0.2, 0.25) is 0 Å². The number of urea groups is 1. The number of carbonyl (C=O) groups excluding carboxylic acids is 3. The van der Waals surface area contributed by atoms with Gasteiger partial charge in [-0.3, -0.25) is 10.1 Å². The summed E-state index contributed by atoms with van der Waals surface area (Å²) in [5, 5.41) is 4.99. The van der Waals surface area contributed by atoms with E-state index in [1.54, 1.807) is 27.8 Å². The Morgan fingerprint density at radius 1 is 1.16 bits per heavy atom. The van der Waals surface area contributed by atoms with Crippen molar-refractivity contribution in [3.63, 3.8) is 0 Å². The molecule has 2 aliphatic rings. The van der Waals surface area contributed by atoms with Gasteiger partial charge in [-0.05, 0) is 26.3 Å². The maximum atomic E-state index is 12.6. The zero-order chi connectivity index (χ0) is 18.5. The number of carbonyl (C=O) groups is 3. The molecule has 7 nitrogen and oxygen atoms in total. The molecule has 2 fully saturated rings. The molecule has 1 aromatic rings. The fourth-order valence-corrected chi connectivity index (χ4v) is 3.61.